The third-order valence-corrected chi connectivity index (χ3v) is 5.53. The predicted molar refractivity (Wildman–Crippen MR) is 110 cm³/mol. The Morgan fingerprint density at radius 3 is 2.87 bits per heavy atom. The van der Waals surface area contributed by atoms with Crippen LogP contribution in [0.5, 0.6) is 5.88 Å². The van der Waals surface area contributed by atoms with E-state index in [-0.39, 0.29) is 6.61 Å². The molecule has 0 amide bonds. The van der Waals surface area contributed by atoms with E-state index in [2.05, 4.69) is 25.4 Å². The van der Waals surface area contributed by atoms with E-state index in [1.165, 1.54) is 12.4 Å². The van der Waals surface area contributed by atoms with Crippen molar-refractivity contribution in [1.29, 1.82) is 0 Å². The molecule has 0 saturated carbocycles. The van der Waals surface area contributed by atoms with E-state index < -0.39 is 5.82 Å². The minimum Gasteiger partial charge on any atom is -0.468 e. The Morgan fingerprint density at radius 2 is 2.07 bits per heavy atom. The summed E-state index contributed by atoms with van der Waals surface area (Å²) in [6.45, 7) is 2.87. The molecule has 0 radical (unpaired) electrons. The molecule has 10 heteroatoms. The fraction of sp³-hybridized carbons (Fsp3) is 0.150. The molecule has 0 N–H and O–H groups in total. The van der Waals surface area contributed by atoms with Crippen molar-refractivity contribution in [3.05, 3.63) is 65.9 Å². The normalized spacial score (nSPS) is 11.3. The lowest BCUT2D eigenvalue weighted by Crippen LogP contribution is -2.07. The van der Waals surface area contributed by atoms with Crippen LogP contribution in [0.3, 0.4) is 0 Å². The van der Waals surface area contributed by atoms with Gasteiger partial charge in [-0.15, -0.1) is 21.5 Å². The van der Waals surface area contributed by atoms with Gasteiger partial charge in [0.25, 0.3) is 0 Å². The van der Waals surface area contributed by atoms with E-state index in [9.17, 15) is 4.39 Å². The number of hydrogen-bond acceptors (Lipinski definition) is 7. The first-order valence-electron chi connectivity index (χ1n) is 9.29. The zero-order chi connectivity index (χ0) is 20.5. The van der Waals surface area contributed by atoms with Crippen molar-refractivity contribution >= 4 is 16.9 Å². The number of thiophene rings is 1. The fourth-order valence-electron chi connectivity index (χ4n) is 3.23. The highest BCUT2D eigenvalue weighted by Crippen LogP contribution is 2.38. The highest BCUT2D eigenvalue weighted by molar-refractivity contribution is 7.13. The topological polar surface area (TPSA) is 83.0 Å². The first kappa shape index (κ1) is 18.4. The summed E-state index contributed by atoms with van der Waals surface area (Å²) >= 11 is 1.56. The van der Waals surface area contributed by atoms with Crippen LogP contribution < -0.4 is 4.74 Å². The summed E-state index contributed by atoms with van der Waals surface area (Å²) < 4.78 is 23.8. The number of aryl methyl sites for hydroxylation is 1. The molecule has 1 aromatic carbocycles. The fourth-order valence-corrected chi connectivity index (χ4v) is 4.00. The second kappa shape index (κ2) is 7.64. The van der Waals surface area contributed by atoms with E-state index >= 15 is 0 Å². The van der Waals surface area contributed by atoms with Gasteiger partial charge in [0.1, 0.15) is 24.3 Å². The van der Waals surface area contributed by atoms with Gasteiger partial charge in [-0.05, 0) is 30.5 Å². The van der Waals surface area contributed by atoms with Crippen LogP contribution in [-0.2, 0) is 13.2 Å². The molecule has 0 aliphatic rings. The molecule has 5 rings (SSSR count). The molecule has 0 saturated heterocycles. The number of aromatic nitrogens is 7. The van der Waals surface area contributed by atoms with Crippen LogP contribution in [0.2, 0.25) is 0 Å². The van der Waals surface area contributed by atoms with Crippen molar-refractivity contribution in [2.45, 2.75) is 20.1 Å². The average molecular weight is 421 g/mol. The maximum absolute atomic E-state index is 14.4. The Kier molecular flexibility index (Phi) is 4.68. The van der Waals surface area contributed by atoms with Crippen molar-refractivity contribution < 1.29 is 9.13 Å². The maximum atomic E-state index is 14.4. The summed E-state index contributed by atoms with van der Waals surface area (Å²) in [5.74, 6) is 0.994. The minimum atomic E-state index is -0.397. The van der Waals surface area contributed by atoms with Gasteiger partial charge in [0.2, 0.25) is 5.88 Å². The third-order valence-electron chi connectivity index (χ3n) is 4.64. The van der Waals surface area contributed by atoms with Crippen LogP contribution >= 0.6 is 11.3 Å². The molecule has 8 nitrogen and oxygen atoms in total. The van der Waals surface area contributed by atoms with Crippen LogP contribution in [0.15, 0.2) is 54.3 Å². The monoisotopic (exact) mass is 421 g/mol. The molecule has 0 unspecified atom stereocenters. The Balaban J connectivity index is 1.65. The van der Waals surface area contributed by atoms with Crippen molar-refractivity contribution in [3.8, 4) is 27.7 Å². The summed E-state index contributed by atoms with van der Waals surface area (Å²) in [7, 11) is 0. The lowest BCUT2D eigenvalue weighted by Gasteiger charge is -2.05. The van der Waals surface area contributed by atoms with Crippen LogP contribution in [-0.4, -0.2) is 34.6 Å². The minimum absolute atomic E-state index is 0.200. The lowest BCUT2D eigenvalue weighted by atomic mass is 10.2. The van der Waals surface area contributed by atoms with Crippen molar-refractivity contribution in [2.75, 3.05) is 0 Å². The molecule has 0 bridgehead atoms. The van der Waals surface area contributed by atoms with E-state index in [1.54, 1.807) is 44.9 Å². The Morgan fingerprint density at radius 1 is 1.17 bits per heavy atom. The van der Waals surface area contributed by atoms with Crippen molar-refractivity contribution in [3.63, 3.8) is 0 Å². The van der Waals surface area contributed by atoms with Gasteiger partial charge in [-0.3, -0.25) is 0 Å². The van der Waals surface area contributed by atoms with E-state index in [0.717, 1.165) is 10.4 Å². The number of halogens is 1. The standard InChI is InChI=1S/C20H16FN7OS/c1-2-27-17(22-12-24-27)11-29-20-18(16-8-5-9-30-16)15-10-23-25-19(28(15)26-20)13-6-3-4-7-14(13)21/h3-10,12H,2,11H2,1H3. The predicted octanol–water partition coefficient (Wildman–Crippen LogP) is 3.85. The third kappa shape index (κ3) is 3.11. The van der Waals surface area contributed by atoms with E-state index in [0.29, 0.717) is 35.2 Å². The molecular formula is C20H16FN7OS. The average Bonchev–Trinajstić information content (AvgIpc) is 3.50. The summed E-state index contributed by atoms with van der Waals surface area (Å²) in [6, 6.07) is 10.3. The summed E-state index contributed by atoms with van der Waals surface area (Å²) in [4.78, 5) is 5.21. The molecule has 0 aliphatic carbocycles. The summed E-state index contributed by atoms with van der Waals surface area (Å²) in [6.07, 6.45) is 3.10. The SMILES string of the molecule is CCn1ncnc1COc1nn2c(-c3ccccc3F)nncc2c1-c1cccs1. The van der Waals surface area contributed by atoms with Gasteiger partial charge < -0.3 is 4.74 Å². The van der Waals surface area contributed by atoms with Crippen molar-refractivity contribution in [1.82, 2.24) is 34.6 Å². The largest absolute Gasteiger partial charge is 0.468 e. The molecule has 0 atom stereocenters. The first-order valence-corrected chi connectivity index (χ1v) is 10.2. The Labute approximate surface area is 174 Å². The quantitative estimate of drug-likeness (QED) is 0.414. The molecule has 4 aromatic heterocycles. The van der Waals surface area contributed by atoms with Gasteiger partial charge in [-0.25, -0.2) is 18.6 Å². The number of nitrogens with zero attached hydrogens (tertiary/aromatic N) is 7. The highest BCUT2D eigenvalue weighted by Gasteiger charge is 2.22. The van der Waals surface area contributed by atoms with Crippen LogP contribution in [0, 0.1) is 5.82 Å². The highest BCUT2D eigenvalue weighted by atomic mass is 32.1. The van der Waals surface area contributed by atoms with E-state index in [1.807, 2.05) is 24.4 Å². The molecule has 0 aliphatic heterocycles. The number of ether oxygens (including phenoxy) is 1. The van der Waals surface area contributed by atoms with Crippen molar-refractivity contribution in [2.24, 2.45) is 0 Å². The van der Waals surface area contributed by atoms with Gasteiger partial charge in [-0.1, -0.05) is 18.2 Å². The first-order chi connectivity index (χ1) is 14.8. The molecule has 0 spiro atoms. The van der Waals surface area contributed by atoms with Gasteiger partial charge in [0.15, 0.2) is 11.6 Å². The van der Waals surface area contributed by atoms with Gasteiger partial charge in [0.05, 0.1) is 17.3 Å². The zero-order valence-electron chi connectivity index (χ0n) is 15.9. The zero-order valence-corrected chi connectivity index (χ0v) is 16.8. The molecular weight excluding hydrogens is 405 g/mol. The Bertz CT molecular complexity index is 1310. The van der Waals surface area contributed by atoms with Crippen LogP contribution in [0.1, 0.15) is 12.7 Å². The molecule has 150 valence electrons. The summed E-state index contributed by atoms with van der Waals surface area (Å²) in [5.41, 5.74) is 1.77. The molecule has 5 aromatic rings. The molecule has 4 heterocycles. The number of fused-ring (bicyclic) bond motifs is 1. The van der Waals surface area contributed by atoms with Crippen LogP contribution in [0.4, 0.5) is 4.39 Å². The van der Waals surface area contributed by atoms with E-state index in [4.69, 9.17) is 4.74 Å². The molecule has 0 fully saturated rings. The van der Waals surface area contributed by atoms with Gasteiger partial charge >= 0.3 is 0 Å². The lowest BCUT2D eigenvalue weighted by molar-refractivity contribution is 0.276. The van der Waals surface area contributed by atoms with Gasteiger partial charge in [0, 0.05) is 11.4 Å². The summed E-state index contributed by atoms with van der Waals surface area (Å²) in [5, 5.41) is 19.0. The second-order valence-corrected chi connectivity index (χ2v) is 7.33. The Hall–Kier alpha value is -3.66. The number of hydrogen-bond donors (Lipinski definition) is 0. The number of benzene rings is 1. The smallest absolute Gasteiger partial charge is 0.243 e. The number of rotatable bonds is 6. The van der Waals surface area contributed by atoms with Crippen LogP contribution in [0.25, 0.3) is 27.3 Å². The second-order valence-electron chi connectivity index (χ2n) is 6.38. The maximum Gasteiger partial charge on any atom is 0.243 e. The van der Waals surface area contributed by atoms with Gasteiger partial charge in [-0.2, -0.15) is 10.2 Å². The molecule has 30 heavy (non-hydrogen) atoms.